The number of nitrogens with zero attached hydrogens (tertiary/aromatic N) is 2. The molecule has 0 saturated carbocycles. The number of rotatable bonds is 6. The fourth-order valence-corrected chi connectivity index (χ4v) is 2.98. The molecule has 26 heavy (non-hydrogen) atoms. The lowest BCUT2D eigenvalue weighted by Gasteiger charge is -2.08. The molecule has 0 fully saturated rings. The number of nitrogens with one attached hydrogen (secondary N) is 1. The molecule has 1 amide bonds. The molecule has 0 aliphatic heterocycles. The van der Waals surface area contributed by atoms with E-state index in [0.29, 0.717) is 18.5 Å². The molecule has 0 spiro atoms. The van der Waals surface area contributed by atoms with E-state index >= 15 is 0 Å². The highest BCUT2D eigenvalue weighted by Gasteiger charge is 2.14. The summed E-state index contributed by atoms with van der Waals surface area (Å²) in [7, 11) is 0. The summed E-state index contributed by atoms with van der Waals surface area (Å²) in [6.45, 7) is 4.35. The molecule has 2 aromatic carbocycles. The predicted molar refractivity (Wildman–Crippen MR) is 99.6 cm³/mol. The fourth-order valence-electron chi connectivity index (χ4n) is 2.98. The van der Waals surface area contributed by atoms with Crippen LogP contribution in [0.3, 0.4) is 0 Å². The third-order valence-corrected chi connectivity index (χ3v) is 4.48. The molecular formula is C21H22FN3O. The summed E-state index contributed by atoms with van der Waals surface area (Å²) >= 11 is 0. The minimum Gasteiger partial charge on any atom is -0.352 e. The zero-order valence-electron chi connectivity index (χ0n) is 15.0. The molecule has 5 heteroatoms. The van der Waals surface area contributed by atoms with Gasteiger partial charge in [-0.05, 0) is 44.0 Å². The maximum absolute atomic E-state index is 13.6. The van der Waals surface area contributed by atoms with Crippen LogP contribution in [0.25, 0.3) is 5.69 Å². The number of benzene rings is 2. The van der Waals surface area contributed by atoms with E-state index in [2.05, 4.69) is 10.4 Å². The average molecular weight is 351 g/mol. The van der Waals surface area contributed by atoms with Crippen molar-refractivity contribution in [3.05, 3.63) is 82.9 Å². The minimum atomic E-state index is -0.267. The molecular weight excluding hydrogens is 329 g/mol. The molecule has 0 aliphatic carbocycles. The lowest BCUT2D eigenvalue weighted by Crippen LogP contribution is -2.23. The van der Waals surface area contributed by atoms with E-state index < -0.39 is 0 Å². The number of aryl methyl sites for hydroxylation is 2. The second kappa shape index (κ2) is 7.95. The van der Waals surface area contributed by atoms with Gasteiger partial charge in [-0.15, -0.1) is 0 Å². The summed E-state index contributed by atoms with van der Waals surface area (Å²) in [5, 5.41) is 7.50. The van der Waals surface area contributed by atoms with Crippen LogP contribution in [0.4, 0.5) is 4.39 Å². The Labute approximate surface area is 152 Å². The van der Waals surface area contributed by atoms with E-state index in [1.807, 2.05) is 48.9 Å². The highest BCUT2D eigenvalue weighted by molar-refractivity contribution is 5.76. The highest BCUT2D eigenvalue weighted by atomic mass is 19.1. The third-order valence-electron chi connectivity index (χ3n) is 4.48. The summed E-state index contributed by atoms with van der Waals surface area (Å²) in [5.74, 6) is -0.365. The van der Waals surface area contributed by atoms with Gasteiger partial charge in [0.2, 0.25) is 5.91 Å². The molecule has 0 radical (unpaired) electrons. The van der Waals surface area contributed by atoms with Gasteiger partial charge in [0, 0.05) is 24.2 Å². The van der Waals surface area contributed by atoms with Crippen molar-refractivity contribution in [3.63, 3.8) is 0 Å². The Morgan fingerprint density at radius 1 is 1.08 bits per heavy atom. The van der Waals surface area contributed by atoms with Crippen molar-refractivity contribution in [2.24, 2.45) is 0 Å². The molecule has 0 aliphatic rings. The Hall–Kier alpha value is -2.95. The Kier molecular flexibility index (Phi) is 5.46. The van der Waals surface area contributed by atoms with E-state index in [0.717, 1.165) is 22.6 Å². The van der Waals surface area contributed by atoms with Gasteiger partial charge >= 0.3 is 0 Å². The summed E-state index contributed by atoms with van der Waals surface area (Å²) in [5.41, 5.74) is 4.45. The van der Waals surface area contributed by atoms with Crippen LogP contribution in [0.5, 0.6) is 0 Å². The second-order valence-electron chi connectivity index (χ2n) is 6.26. The van der Waals surface area contributed by atoms with Crippen molar-refractivity contribution in [3.8, 4) is 5.69 Å². The number of carbonyl (C=O) groups is 1. The largest absolute Gasteiger partial charge is 0.352 e. The molecule has 0 atom stereocenters. The molecule has 0 unspecified atom stereocenters. The van der Waals surface area contributed by atoms with Crippen LogP contribution in [0.15, 0.2) is 54.6 Å². The highest BCUT2D eigenvalue weighted by Crippen LogP contribution is 2.17. The van der Waals surface area contributed by atoms with Crippen LogP contribution in [0, 0.1) is 19.7 Å². The summed E-state index contributed by atoms with van der Waals surface area (Å²) in [6.07, 6.45) is 0.644. The van der Waals surface area contributed by atoms with Crippen LogP contribution in [0.2, 0.25) is 0 Å². The second-order valence-corrected chi connectivity index (χ2v) is 6.26. The van der Waals surface area contributed by atoms with E-state index in [4.69, 9.17) is 0 Å². The minimum absolute atomic E-state index is 0.0977. The van der Waals surface area contributed by atoms with Gasteiger partial charge in [-0.1, -0.05) is 36.4 Å². The average Bonchev–Trinajstić information content (AvgIpc) is 2.94. The summed E-state index contributed by atoms with van der Waals surface area (Å²) < 4.78 is 15.5. The topological polar surface area (TPSA) is 46.9 Å². The van der Waals surface area contributed by atoms with Crippen LogP contribution in [-0.4, -0.2) is 15.7 Å². The van der Waals surface area contributed by atoms with E-state index in [-0.39, 0.29) is 18.1 Å². The normalized spacial score (nSPS) is 10.7. The van der Waals surface area contributed by atoms with Crippen molar-refractivity contribution in [1.82, 2.24) is 15.1 Å². The van der Waals surface area contributed by atoms with Gasteiger partial charge in [-0.3, -0.25) is 4.79 Å². The quantitative estimate of drug-likeness (QED) is 0.733. The van der Waals surface area contributed by atoms with Gasteiger partial charge in [-0.25, -0.2) is 9.07 Å². The van der Waals surface area contributed by atoms with Crippen LogP contribution in [0.1, 0.15) is 28.9 Å². The van der Waals surface area contributed by atoms with Gasteiger partial charge in [0.25, 0.3) is 0 Å². The smallest absolute Gasteiger partial charge is 0.220 e. The van der Waals surface area contributed by atoms with E-state index in [1.165, 1.54) is 6.07 Å². The lowest BCUT2D eigenvalue weighted by molar-refractivity contribution is -0.121. The van der Waals surface area contributed by atoms with Crippen molar-refractivity contribution >= 4 is 5.91 Å². The van der Waals surface area contributed by atoms with Crippen LogP contribution < -0.4 is 5.32 Å². The van der Waals surface area contributed by atoms with Crippen molar-refractivity contribution in [1.29, 1.82) is 0 Å². The van der Waals surface area contributed by atoms with Gasteiger partial charge < -0.3 is 5.32 Å². The van der Waals surface area contributed by atoms with Gasteiger partial charge in [0.1, 0.15) is 5.82 Å². The molecule has 1 aromatic heterocycles. The van der Waals surface area contributed by atoms with Crippen molar-refractivity contribution < 1.29 is 9.18 Å². The first-order chi connectivity index (χ1) is 12.6. The first kappa shape index (κ1) is 17.9. The van der Waals surface area contributed by atoms with Gasteiger partial charge in [-0.2, -0.15) is 5.10 Å². The lowest BCUT2D eigenvalue weighted by atomic mass is 10.1. The first-order valence-corrected chi connectivity index (χ1v) is 8.67. The molecule has 134 valence electrons. The van der Waals surface area contributed by atoms with Crippen LogP contribution in [-0.2, 0) is 17.8 Å². The molecule has 0 saturated heterocycles. The maximum atomic E-state index is 13.6. The summed E-state index contributed by atoms with van der Waals surface area (Å²) in [4.78, 5) is 12.1. The Morgan fingerprint density at radius 2 is 1.77 bits per heavy atom. The number of aromatic nitrogens is 2. The zero-order valence-corrected chi connectivity index (χ0v) is 15.0. The van der Waals surface area contributed by atoms with Crippen molar-refractivity contribution in [2.75, 3.05) is 0 Å². The fraction of sp³-hybridized carbons (Fsp3) is 0.238. The maximum Gasteiger partial charge on any atom is 0.220 e. The number of halogens is 1. The Bertz CT molecular complexity index is 903. The molecule has 3 rings (SSSR count). The van der Waals surface area contributed by atoms with E-state index in [9.17, 15) is 9.18 Å². The molecule has 4 nitrogen and oxygen atoms in total. The van der Waals surface area contributed by atoms with Gasteiger partial charge in [0.05, 0.1) is 11.4 Å². The number of para-hydroxylation sites is 1. The Morgan fingerprint density at radius 3 is 2.50 bits per heavy atom. The number of carbonyl (C=O) groups excluding carboxylic acids is 1. The van der Waals surface area contributed by atoms with Crippen molar-refractivity contribution in [2.45, 2.75) is 33.2 Å². The standard InChI is InChI=1S/C21H22FN3O/c1-15-19(16(2)25(24-15)18-9-4-3-5-10-18)14-23-21(26)13-12-17-8-6-7-11-20(17)22/h3-11H,12-14H2,1-2H3,(H,23,26). The first-order valence-electron chi connectivity index (χ1n) is 8.67. The number of hydrogen-bond donors (Lipinski definition) is 1. The summed E-state index contributed by atoms with van der Waals surface area (Å²) in [6, 6.07) is 16.4. The number of amides is 1. The zero-order chi connectivity index (χ0) is 18.5. The van der Waals surface area contributed by atoms with Gasteiger partial charge in [0.15, 0.2) is 0 Å². The molecule has 1 heterocycles. The molecule has 0 bridgehead atoms. The Balaban J connectivity index is 1.62. The predicted octanol–water partition coefficient (Wildman–Crippen LogP) is 3.88. The third kappa shape index (κ3) is 3.99. The number of hydrogen-bond acceptors (Lipinski definition) is 2. The molecule has 1 N–H and O–H groups in total. The SMILES string of the molecule is Cc1nn(-c2ccccc2)c(C)c1CNC(=O)CCc1ccccc1F. The van der Waals surface area contributed by atoms with E-state index in [1.54, 1.807) is 18.2 Å². The molecule has 3 aromatic rings. The van der Waals surface area contributed by atoms with Crippen LogP contribution >= 0.6 is 0 Å². The monoisotopic (exact) mass is 351 g/mol.